The van der Waals surface area contributed by atoms with Crippen molar-refractivity contribution in [3.63, 3.8) is 0 Å². The number of carboxylic acid groups (broad SMARTS) is 1. The van der Waals surface area contributed by atoms with Crippen LogP contribution in [-0.4, -0.2) is 27.0 Å². The fourth-order valence-electron chi connectivity index (χ4n) is 1.17. The maximum absolute atomic E-state index is 10.9. The third-order valence-electron chi connectivity index (χ3n) is 1.89. The highest BCUT2D eigenvalue weighted by molar-refractivity contribution is 7.17. The zero-order chi connectivity index (χ0) is 11.7. The Kier molecular flexibility index (Phi) is 2.45. The Labute approximate surface area is 93.7 Å². The lowest BCUT2D eigenvalue weighted by molar-refractivity contribution is 0.0684. The number of nitrogens with zero attached hydrogens (tertiary/aromatic N) is 1. The molecule has 0 aliphatic heterocycles. The molecule has 16 heavy (non-hydrogen) atoms. The fraction of sp³-hybridized carbons (Fsp3) is 0. The predicted octanol–water partition coefficient (Wildman–Crippen LogP) is 0.935. The van der Waals surface area contributed by atoms with Gasteiger partial charge in [-0.25, -0.2) is 9.78 Å². The Hall–Kier alpha value is -2.15. The van der Waals surface area contributed by atoms with Gasteiger partial charge in [0, 0.05) is 0 Å². The van der Waals surface area contributed by atoms with Gasteiger partial charge < -0.3 is 15.8 Å². The second-order valence-corrected chi connectivity index (χ2v) is 4.06. The number of nitrogens with one attached hydrogen (secondary N) is 1. The summed E-state index contributed by atoms with van der Waals surface area (Å²) < 4.78 is 0. The topological polar surface area (TPSA) is 109 Å². The molecule has 0 spiro atoms. The average Bonchev–Trinajstić information content (AvgIpc) is 2.86. The molecule has 2 aromatic rings. The monoisotopic (exact) mass is 237 g/mol. The van der Waals surface area contributed by atoms with E-state index in [0.29, 0.717) is 15.4 Å². The van der Waals surface area contributed by atoms with E-state index in [-0.39, 0.29) is 5.82 Å². The highest BCUT2D eigenvalue weighted by atomic mass is 32.1. The number of amides is 1. The Morgan fingerprint density at radius 1 is 1.44 bits per heavy atom. The number of carbonyl (C=O) groups is 2. The first-order valence-corrected chi connectivity index (χ1v) is 5.08. The molecule has 0 saturated heterocycles. The first kappa shape index (κ1) is 10.4. The van der Waals surface area contributed by atoms with Crippen LogP contribution < -0.4 is 5.73 Å². The lowest BCUT2D eigenvalue weighted by Crippen LogP contribution is -2.07. The van der Waals surface area contributed by atoms with Gasteiger partial charge in [-0.1, -0.05) is 0 Å². The van der Waals surface area contributed by atoms with E-state index >= 15 is 0 Å². The normalized spacial score (nSPS) is 10.2. The van der Waals surface area contributed by atoms with Crippen LogP contribution in [0.15, 0.2) is 18.3 Å². The zero-order valence-corrected chi connectivity index (χ0v) is 8.75. The van der Waals surface area contributed by atoms with Crippen LogP contribution in [0.3, 0.4) is 0 Å². The molecule has 0 aromatic carbocycles. The van der Waals surface area contributed by atoms with Crippen molar-refractivity contribution >= 4 is 23.2 Å². The lowest BCUT2D eigenvalue weighted by atomic mass is 10.3. The summed E-state index contributed by atoms with van der Waals surface area (Å²) in [6.45, 7) is 0. The van der Waals surface area contributed by atoms with Crippen molar-refractivity contribution in [3.05, 3.63) is 29.0 Å². The van der Waals surface area contributed by atoms with E-state index in [0.717, 1.165) is 0 Å². The van der Waals surface area contributed by atoms with Gasteiger partial charge in [0.2, 0.25) is 5.82 Å². The molecule has 4 N–H and O–H groups in total. The molecule has 0 saturated carbocycles. The first-order chi connectivity index (χ1) is 7.58. The van der Waals surface area contributed by atoms with E-state index in [1.807, 2.05) is 0 Å². The van der Waals surface area contributed by atoms with Gasteiger partial charge in [-0.05, 0) is 12.1 Å². The van der Waals surface area contributed by atoms with Crippen LogP contribution in [-0.2, 0) is 0 Å². The lowest BCUT2D eigenvalue weighted by Gasteiger charge is -1.89. The number of aromatic nitrogens is 2. The third-order valence-corrected chi connectivity index (χ3v) is 3.03. The van der Waals surface area contributed by atoms with Gasteiger partial charge in [0.1, 0.15) is 0 Å². The van der Waals surface area contributed by atoms with E-state index in [9.17, 15) is 9.59 Å². The summed E-state index contributed by atoms with van der Waals surface area (Å²) in [5.74, 6) is -1.77. The molecule has 0 aliphatic carbocycles. The summed E-state index contributed by atoms with van der Waals surface area (Å²) >= 11 is 1.18. The van der Waals surface area contributed by atoms with Crippen molar-refractivity contribution in [2.24, 2.45) is 5.73 Å². The molecular formula is C9H7N3O3S. The number of primary amides is 1. The van der Waals surface area contributed by atoms with Crippen LogP contribution >= 0.6 is 11.3 Å². The molecule has 6 nitrogen and oxygen atoms in total. The van der Waals surface area contributed by atoms with E-state index in [1.165, 1.54) is 17.5 Å². The zero-order valence-electron chi connectivity index (χ0n) is 7.93. The molecular weight excluding hydrogens is 230 g/mol. The molecule has 2 heterocycles. The molecule has 2 rings (SSSR count). The number of H-pyrrole nitrogens is 1. The van der Waals surface area contributed by atoms with Crippen LogP contribution in [0.1, 0.15) is 20.3 Å². The summed E-state index contributed by atoms with van der Waals surface area (Å²) in [6.07, 6.45) is 1.40. The predicted molar refractivity (Wildman–Crippen MR) is 57.4 cm³/mol. The summed E-state index contributed by atoms with van der Waals surface area (Å²) in [7, 11) is 0. The highest BCUT2D eigenvalue weighted by Gasteiger charge is 2.12. The second-order valence-electron chi connectivity index (χ2n) is 2.98. The molecule has 0 aliphatic rings. The summed E-state index contributed by atoms with van der Waals surface area (Å²) in [5.41, 5.74) is 5.66. The molecule has 1 amide bonds. The SMILES string of the molecule is NC(=O)c1ccc(-c2cnc(C(=O)O)[nH]2)s1. The van der Waals surface area contributed by atoms with Crippen LogP contribution in [0.2, 0.25) is 0 Å². The quantitative estimate of drug-likeness (QED) is 0.737. The van der Waals surface area contributed by atoms with Crippen LogP contribution in [0.5, 0.6) is 0 Å². The number of hydrogen-bond acceptors (Lipinski definition) is 4. The minimum Gasteiger partial charge on any atom is -0.475 e. The maximum Gasteiger partial charge on any atom is 0.371 e. The summed E-state index contributed by atoms with van der Waals surface area (Å²) in [4.78, 5) is 28.9. The molecule has 0 atom stereocenters. The van der Waals surface area contributed by atoms with Crippen molar-refractivity contribution < 1.29 is 14.7 Å². The van der Waals surface area contributed by atoms with Crippen LogP contribution in [0.25, 0.3) is 10.6 Å². The summed E-state index contributed by atoms with van der Waals surface area (Å²) in [6, 6.07) is 3.27. The molecule has 7 heteroatoms. The number of thiophene rings is 1. The number of aromatic amines is 1. The van der Waals surface area contributed by atoms with Crippen LogP contribution in [0.4, 0.5) is 0 Å². The van der Waals surface area contributed by atoms with Gasteiger partial charge in [-0.15, -0.1) is 11.3 Å². The maximum atomic E-state index is 10.9. The number of aromatic carboxylic acids is 1. The van der Waals surface area contributed by atoms with Gasteiger partial charge in [0.25, 0.3) is 5.91 Å². The highest BCUT2D eigenvalue weighted by Crippen LogP contribution is 2.26. The molecule has 2 aromatic heterocycles. The van der Waals surface area contributed by atoms with Crippen molar-refractivity contribution in [2.75, 3.05) is 0 Å². The first-order valence-electron chi connectivity index (χ1n) is 4.26. The van der Waals surface area contributed by atoms with Crippen molar-refractivity contribution in [2.45, 2.75) is 0 Å². The number of carbonyl (C=O) groups excluding carboxylic acids is 1. The Morgan fingerprint density at radius 3 is 2.69 bits per heavy atom. The van der Waals surface area contributed by atoms with Crippen molar-refractivity contribution in [1.82, 2.24) is 9.97 Å². The van der Waals surface area contributed by atoms with E-state index < -0.39 is 11.9 Å². The van der Waals surface area contributed by atoms with Crippen molar-refractivity contribution in [1.29, 1.82) is 0 Å². The van der Waals surface area contributed by atoms with Crippen LogP contribution in [0, 0.1) is 0 Å². The smallest absolute Gasteiger partial charge is 0.371 e. The minimum atomic E-state index is -1.13. The summed E-state index contributed by atoms with van der Waals surface area (Å²) in [5, 5.41) is 8.67. The van der Waals surface area contributed by atoms with Gasteiger partial charge in [0.15, 0.2) is 0 Å². The second kappa shape index (κ2) is 3.78. The standard InChI is InChI=1S/C9H7N3O3S/c10-7(13)6-2-1-5(16-6)4-3-11-8(12-4)9(14)15/h1-3H,(H2,10,13)(H,11,12)(H,14,15). The molecule has 0 radical (unpaired) electrons. The number of hydrogen-bond donors (Lipinski definition) is 3. The van der Waals surface area contributed by atoms with E-state index in [1.54, 1.807) is 12.1 Å². The number of carboxylic acids is 1. The number of rotatable bonds is 3. The number of imidazole rings is 1. The molecule has 0 unspecified atom stereocenters. The Morgan fingerprint density at radius 2 is 2.19 bits per heavy atom. The van der Waals surface area contributed by atoms with Crippen molar-refractivity contribution in [3.8, 4) is 10.6 Å². The van der Waals surface area contributed by atoms with Gasteiger partial charge in [-0.3, -0.25) is 4.79 Å². The van der Waals surface area contributed by atoms with Gasteiger partial charge >= 0.3 is 5.97 Å². The Balaban J connectivity index is 2.35. The average molecular weight is 237 g/mol. The fourth-order valence-corrected chi connectivity index (χ4v) is 1.99. The molecule has 0 fully saturated rings. The van der Waals surface area contributed by atoms with Gasteiger partial charge in [0.05, 0.1) is 21.6 Å². The molecule has 0 bridgehead atoms. The largest absolute Gasteiger partial charge is 0.475 e. The number of nitrogens with two attached hydrogens (primary N) is 1. The van der Waals surface area contributed by atoms with E-state index in [4.69, 9.17) is 10.8 Å². The third kappa shape index (κ3) is 1.80. The van der Waals surface area contributed by atoms with Gasteiger partial charge in [-0.2, -0.15) is 0 Å². The molecule has 82 valence electrons. The van der Waals surface area contributed by atoms with E-state index in [2.05, 4.69) is 9.97 Å². The Bertz CT molecular complexity index is 508. The minimum absolute atomic E-state index is 0.135.